The van der Waals surface area contributed by atoms with Gasteiger partial charge < -0.3 is 5.32 Å². The minimum atomic E-state index is -0.460. The summed E-state index contributed by atoms with van der Waals surface area (Å²) in [7, 11) is 0. The summed E-state index contributed by atoms with van der Waals surface area (Å²) >= 11 is 1.50. The van der Waals surface area contributed by atoms with Gasteiger partial charge in [-0.15, -0.1) is 11.3 Å². The van der Waals surface area contributed by atoms with Gasteiger partial charge in [0.25, 0.3) is 11.6 Å². The number of rotatable bonds is 5. The van der Waals surface area contributed by atoms with Gasteiger partial charge in [0.15, 0.2) is 10.8 Å². The SMILES string of the molecule is O=C(Nc1ncc(C2CCNCC2)s1)c1ccn(-c2ccc([N+](=O)[O-])cc2)n1. The van der Waals surface area contributed by atoms with E-state index in [9.17, 15) is 14.9 Å². The van der Waals surface area contributed by atoms with Crippen LogP contribution >= 0.6 is 11.3 Å². The van der Waals surface area contributed by atoms with Gasteiger partial charge >= 0.3 is 0 Å². The summed E-state index contributed by atoms with van der Waals surface area (Å²) in [6.07, 6.45) is 5.63. The van der Waals surface area contributed by atoms with E-state index in [2.05, 4.69) is 20.7 Å². The van der Waals surface area contributed by atoms with Gasteiger partial charge in [-0.2, -0.15) is 5.10 Å². The Morgan fingerprint density at radius 2 is 2.00 bits per heavy atom. The zero-order valence-corrected chi connectivity index (χ0v) is 15.7. The lowest BCUT2D eigenvalue weighted by atomic mass is 9.97. The fourth-order valence-corrected chi connectivity index (χ4v) is 4.10. The summed E-state index contributed by atoms with van der Waals surface area (Å²) in [4.78, 5) is 28.3. The molecule has 1 saturated heterocycles. The molecule has 0 atom stereocenters. The van der Waals surface area contributed by atoms with E-state index in [4.69, 9.17) is 0 Å². The number of carbonyl (C=O) groups excluding carboxylic acids is 1. The Morgan fingerprint density at radius 1 is 1.25 bits per heavy atom. The number of thiazole rings is 1. The lowest BCUT2D eigenvalue weighted by Gasteiger charge is -2.20. The quantitative estimate of drug-likeness (QED) is 0.504. The third-order valence-corrected chi connectivity index (χ3v) is 5.71. The Morgan fingerprint density at radius 3 is 2.71 bits per heavy atom. The van der Waals surface area contributed by atoms with E-state index in [1.165, 1.54) is 33.0 Å². The van der Waals surface area contributed by atoms with Gasteiger partial charge in [-0.05, 0) is 50.0 Å². The van der Waals surface area contributed by atoms with Crippen LogP contribution in [0.2, 0.25) is 0 Å². The largest absolute Gasteiger partial charge is 0.317 e. The molecule has 0 unspecified atom stereocenters. The second-order valence-corrected chi connectivity index (χ2v) is 7.53. The van der Waals surface area contributed by atoms with Crippen LogP contribution in [0.25, 0.3) is 5.69 Å². The van der Waals surface area contributed by atoms with E-state index in [1.54, 1.807) is 24.4 Å². The van der Waals surface area contributed by atoms with E-state index in [0.29, 0.717) is 16.7 Å². The number of piperidine rings is 1. The molecule has 0 aliphatic carbocycles. The Labute approximate surface area is 164 Å². The highest BCUT2D eigenvalue weighted by Gasteiger charge is 2.19. The molecule has 10 heteroatoms. The van der Waals surface area contributed by atoms with Crippen molar-refractivity contribution in [1.82, 2.24) is 20.1 Å². The highest BCUT2D eigenvalue weighted by Crippen LogP contribution is 2.31. The Balaban J connectivity index is 1.43. The Kier molecular flexibility index (Phi) is 5.13. The van der Waals surface area contributed by atoms with Crippen molar-refractivity contribution in [3.8, 4) is 5.69 Å². The monoisotopic (exact) mass is 398 g/mol. The third kappa shape index (κ3) is 3.92. The molecule has 3 aromatic rings. The third-order valence-electron chi connectivity index (χ3n) is 4.63. The number of carbonyl (C=O) groups is 1. The maximum atomic E-state index is 12.5. The highest BCUT2D eigenvalue weighted by molar-refractivity contribution is 7.15. The molecule has 0 radical (unpaired) electrons. The summed E-state index contributed by atoms with van der Waals surface area (Å²) in [6.45, 7) is 2.01. The van der Waals surface area contributed by atoms with Crippen LogP contribution in [0.1, 0.15) is 34.1 Å². The molecule has 1 aliphatic rings. The van der Waals surface area contributed by atoms with Crippen LogP contribution in [0.3, 0.4) is 0 Å². The van der Waals surface area contributed by atoms with Crippen molar-refractivity contribution in [3.05, 3.63) is 63.4 Å². The molecule has 9 nitrogen and oxygen atoms in total. The van der Waals surface area contributed by atoms with Gasteiger partial charge in [0, 0.05) is 29.4 Å². The standard InChI is InChI=1S/C18H18N6O3S/c25-17(21-18-20-11-16(28-18)12-5-8-19-9-6-12)15-7-10-23(22-15)13-1-3-14(4-2-13)24(26)27/h1-4,7,10-12,19H,5-6,8-9H2,(H,20,21,25). The first-order chi connectivity index (χ1) is 13.6. The van der Waals surface area contributed by atoms with Gasteiger partial charge in [0.1, 0.15) is 0 Å². The second kappa shape index (κ2) is 7.87. The van der Waals surface area contributed by atoms with Crippen molar-refractivity contribution in [1.29, 1.82) is 0 Å². The van der Waals surface area contributed by atoms with Gasteiger partial charge in [0.05, 0.1) is 10.6 Å². The molecule has 2 N–H and O–H groups in total. The number of aromatic nitrogens is 3. The molecular formula is C18H18N6O3S. The fraction of sp³-hybridized carbons (Fsp3) is 0.278. The van der Waals surface area contributed by atoms with E-state index in [1.807, 2.05) is 6.20 Å². The molecule has 144 valence electrons. The van der Waals surface area contributed by atoms with Crippen LogP contribution in [0.5, 0.6) is 0 Å². The Hall–Kier alpha value is -3.11. The number of nitrogens with one attached hydrogen (secondary N) is 2. The van der Waals surface area contributed by atoms with Crippen molar-refractivity contribution in [2.45, 2.75) is 18.8 Å². The summed E-state index contributed by atoms with van der Waals surface area (Å²) in [5.41, 5.74) is 0.881. The van der Waals surface area contributed by atoms with E-state index in [0.717, 1.165) is 25.9 Å². The molecular weight excluding hydrogens is 380 g/mol. The van der Waals surface area contributed by atoms with Crippen molar-refractivity contribution < 1.29 is 9.72 Å². The zero-order valence-electron chi connectivity index (χ0n) is 14.9. The lowest BCUT2D eigenvalue weighted by molar-refractivity contribution is -0.384. The van der Waals surface area contributed by atoms with Crippen molar-refractivity contribution >= 4 is 28.1 Å². The number of hydrogen-bond acceptors (Lipinski definition) is 7. The van der Waals surface area contributed by atoms with Crippen molar-refractivity contribution in [2.75, 3.05) is 18.4 Å². The van der Waals surface area contributed by atoms with Crippen molar-refractivity contribution in [2.24, 2.45) is 0 Å². The predicted molar refractivity (Wildman–Crippen MR) is 105 cm³/mol. The summed E-state index contributed by atoms with van der Waals surface area (Å²) in [5, 5.41) is 21.7. The molecule has 0 spiro atoms. The van der Waals surface area contributed by atoms with E-state index < -0.39 is 4.92 Å². The number of nitro benzene ring substituents is 1. The molecule has 1 amide bonds. The van der Waals surface area contributed by atoms with Gasteiger partial charge in [-0.3, -0.25) is 20.2 Å². The minimum absolute atomic E-state index is 0.00203. The maximum absolute atomic E-state index is 12.5. The van der Waals surface area contributed by atoms with Gasteiger partial charge in [0.2, 0.25) is 0 Å². The average Bonchev–Trinajstić information content (AvgIpc) is 3.39. The summed E-state index contributed by atoms with van der Waals surface area (Å²) in [6, 6.07) is 7.55. The number of anilines is 1. The smallest absolute Gasteiger partial charge is 0.277 e. The van der Waals surface area contributed by atoms with E-state index >= 15 is 0 Å². The summed E-state index contributed by atoms with van der Waals surface area (Å²) < 4.78 is 1.50. The number of amides is 1. The second-order valence-electron chi connectivity index (χ2n) is 6.47. The molecule has 4 rings (SSSR count). The average molecular weight is 398 g/mol. The Bertz CT molecular complexity index is 991. The predicted octanol–water partition coefficient (Wildman–Crippen LogP) is 2.96. The molecule has 0 bridgehead atoms. The maximum Gasteiger partial charge on any atom is 0.277 e. The number of nitrogens with zero attached hydrogens (tertiary/aromatic N) is 4. The topological polar surface area (TPSA) is 115 Å². The van der Waals surface area contributed by atoms with Gasteiger partial charge in [-0.1, -0.05) is 0 Å². The minimum Gasteiger partial charge on any atom is -0.317 e. The number of non-ortho nitro benzene ring substituents is 1. The molecule has 2 aromatic heterocycles. The van der Waals surface area contributed by atoms with Crippen LogP contribution in [-0.4, -0.2) is 38.7 Å². The normalized spacial score (nSPS) is 14.7. The van der Waals surface area contributed by atoms with Crippen LogP contribution in [0.4, 0.5) is 10.8 Å². The first kappa shape index (κ1) is 18.3. The molecule has 3 heterocycles. The fourth-order valence-electron chi connectivity index (χ4n) is 3.12. The molecule has 1 aliphatic heterocycles. The van der Waals surface area contributed by atoms with E-state index in [-0.39, 0.29) is 17.3 Å². The molecule has 0 saturated carbocycles. The van der Waals surface area contributed by atoms with Crippen molar-refractivity contribution in [3.63, 3.8) is 0 Å². The van der Waals surface area contributed by atoms with Crippen LogP contribution in [0, 0.1) is 10.1 Å². The number of benzene rings is 1. The molecule has 1 aromatic carbocycles. The van der Waals surface area contributed by atoms with Crippen LogP contribution in [-0.2, 0) is 0 Å². The lowest BCUT2D eigenvalue weighted by Crippen LogP contribution is -2.26. The van der Waals surface area contributed by atoms with Crippen LogP contribution < -0.4 is 10.6 Å². The van der Waals surface area contributed by atoms with Crippen LogP contribution in [0.15, 0.2) is 42.7 Å². The molecule has 1 fully saturated rings. The number of hydrogen-bond donors (Lipinski definition) is 2. The van der Waals surface area contributed by atoms with Gasteiger partial charge in [-0.25, -0.2) is 9.67 Å². The molecule has 28 heavy (non-hydrogen) atoms. The highest BCUT2D eigenvalue weighted by atomic mass is 32.1. The zero-order chi connectivity index (χ0) is 19.5. The first-order valence-corrected chi connectivity index (χ1v) is 9.70. The first-order valence-electron chi connectivity index (χ1n) is 8.88. The summed E-state index contributed by atoms with van der Waals surface area (Å²) in [5.74, 6) is 0.151. The number of nitro groups is 1.